The Morgan fingerprint density at radius 3 is 2.19 bits per heavy atom. The van der Waals surface area contributed by atoms with Gasteiger partial charge in [0.25, 0.3) is 11.8 Å². The lowest BCUT2D eigenvalue weighted by Gasteiger charge is -2.58. The third kappa shape index (κ3) is 6.85. The molecular formula is C49H52N8O5. The Kier molecular flexibility index (Phi) is 9.51. The zero-order valence-corrected chi connectivity index (χ0v) is 34.9. The fraction of sp³-hybridized carbons (Fsp3) is 0.449. The minimum Gasteiger partial charge on any atom is -0.457 e. The molecule has 0 radical (unpaired) electrons. The number of carbonyl (C=O) groups excluding carboxylic acids is 4. The van der Waals surface area contributed by atoms with Crippen LogP contribution >= 0.6 is 0 Å². The van der Waals surface area contributed by atoms with Crippen molar-refractivity contribution in [2.45, 2.75) is 108 Å². The minimum atomic E-state index is -0.939. The number of ether oxygens (including phenoxy) is 1. The first-order chi connectivity index (χ1) is 30.1. The van der Waals surface area contributed by atoms with Crippen molar-refractivity contribution in [1.82, 2.24) is 34.9 Å². The number of para-hydroxylation sites is 1. The van der Waals surface area contributed by atoms with Crippen molar-refractivity contribution in [3.63, 3.8) is 0 Å². The summed E-state index contributed by atoms with van der Waals surface area (Å²) in [5.41, 5.74) is 11.7. The summed E-state index contributed by atoms with van der Waals surface area (Å²) in [6.45, 7) is 2.35. The van der Waals surface area contributed by atoms with E-state index in [-0.39, 0.29) is 18.7 Å². The number of hydrogen-bond donors (Lipinski definition) is 2. The van der Waals surface area contributed by atoms with Gasteiger partial charge >= 0.3 is 0 Å². The summed E-state index contributed by atoms with van der Waals surface area (Å²) >= 11 is 0. The molecule has 5 aromatic rings. The number of aromatic nitrogens is 4. The summed E-state index contributed by atoms with van der Waals surface area (Å²) in [7, 11) is 0. The third-order valence-corrected chi connectivity index (χ3v) is 15.5. The molecule has 4 amide bonds. The van der Waals surface area contributed by atoms with Crippen LogP contribution in [-0.4, -0.2) is 78.4 Å². The van der Waals surface area contributed by atoms with Crippen LogP contribution in [0.3, 0.4) is 0 Å². The van der Waals surface area contributed by atoms with Gasteiger partial charge in [0.1, 0.15) is 35.4 Å². The number of nitrogens with one attached hydrogen (secondary N) is 1. The summed E-state index contributed by atoms with van der Waals surface area (Å²) in [5.74, 6) is 0.829. The topological polar surface area (TPSA) is 166 Å². The SMILES string of the molecule is Nc1ncnc2c1c(-c1ccc(Oc3ccccc3)cc1)nn2C1CC2(CCN(C3CC4(CCC(CCc5ccc6c(c5)C(=O)N(C5CCC(=O)NC5=O)C6=O)CC4)C3)CC2)C1. The fourth-order valence-corrected chi connectivity index (χ4v) is 11.9. The first-order valence-corrected chi connectivity index (χ1v) is 22.5. The van der Waals surface area contributed by atoms with Crippen molar-refractivity contribution in [2.24, 2.45) is 16.7 Å². The number of anilines is 1. The molecule has 5 heterocycles. The number of aryl methyl sites for hydroxylation is 1. The van der Waals surface area contributed by atoms with Crippen LogP contribution in [0, 0.1) is 16.7 Å². The average Bonchev–Trinajstić information content (AvgIpc) is 3.77. The predicted molar refractivity (Wildman–Crippen MR) is 232 cm³/mol. The molecule has 3 aliphatic heterocycles. The average molecular weight is 833 g/mol. The summed E-state index contributed by atoms with van der Waals surface area (Å²) in [6, 6.07) is 23.3. The van der Waals surface area contributed by atoms with Crippen LogP contribution in [0.2, 0.25) is 0 Å². The quantitative estimate of drug-likeness (QED) is 0.141. The molecule has 13 nitrogen and oxygen atoms in total. The zero-order valence-electron chi connectivity index (χ0n) is 34.9. The highest BCUT2D eigenvalue weighted by atomic mass is 16.5. The van der Waals surface area contributed by atoms with E-state index in [0.717, 1.165) is 69.9 Å². The number of carbonyl (C=O) groups is 4. The van der Waals surface area contributed by atoms with Gasteiger partial charge in [0.05, 0.1) is 22.6 Å². The molecule has 2 aromatic heterocycles. The molecule has 5 fully saturated rings. The van der Waals surface area contributed by atoms with E-state index in [2.05, 4.69) is 19.9 Å². The predicted octanol–water partition coefficient (Wildman–Crippen LogP) is 7.66. The van der Waals surface area contributed by atoms with E-state index in [1.165, 1.54) is 64.5 Å². The Labute approximate surface area is 360 Å². The van der Waals surface area contributed by atoms with Gasteiger partial charge in [0.15, 0.2) is 5.65 Å². The van der Waals surface area contributed by atoms with Gasteiger partial charge in [-0.3, -0.25) is 29.4 Å². The lowest BCUT2D eigenvalue weighted by Crippen LogP contribution is -2.56. The Bertz CT molecular complexity index is 2580. The van der Waals surface area contributed by atoms with Crippen molar-refractivity contribution in [2.75, 3.05) is 18.8 Å². The number of nitrogen functional groups attached to an aromatic ring is 1. The summed E-state index contributed by atoms with van der Waals surface area (Å²) in [5, 5.41) is 8.23. The summed E-state index contributed by atoms with van der Waals surface area (Å²) in [6.07, 6.45) is 16.2. The highest BCUT2D eigenvalue weighted by Gasteiger charge is 2.52. The number of nitrogens with two attached hydrogens (primary N) is 1. The highest BCUT2D eigenvalue weighted by molar-refractivity contribution is 6.23. The molecule has 2 saturated heterocycles. The molecule has 0 bridgehead atoms. The van der Waals surface area contributed by atoms with Gasteiger partial charge in [-0.25, -0.2) is 14.6 Å². The van der Waals surface area contributed by atoms with Gasteiger partial charge in [-0.05, 0) is 167 Å². The van der Waals surface area contributed by atoms with E-state index in [9.17, 15) is 19.2 Å². The normalized spacial score (nSPS) is 26.1. The van der Waals surface area contributed by atoms with Gasteiger partial charge in [0, 0.05) is 18.0 Å². The van der Waals surface area contributed by atoms with Gasteiger partial charge < -0.3 is 15.4 Å². The first kappa shape index (κ1) is 38.9. The molecule has 1 atom stereocenters. The molecule has 3 aromatic carbocycles. The Balaban J connectivity index is 0.651. The Morgan fingerprint density at radius 2 is 1.45 bits per heavy atom. The number of imide groups is 2. The van der Waals surface area contributed by atoms with Crippen LogP contribution in [0.15, 0.2) is 79.1 Å². The van der Waals surface area contributed by atoms with Gasteiger partial charge in [0.2, 0.25) is 11.8 Å². The molecule has 11 rings (SSSR count). The molecule has 3 aliphatic carbocycles. The van der Waals surface area contributed by atoms with Crippen LogP contribution in [0.4, 0.5) is 5.82 Å². The smallest absolute Gasteiger partial charge is 0.262 e. The molecule has 62 heavy (non-hydrogen) atoms. The van der Waals surface area contributed by atoms with Crippen molar-refractivity contribution < 1.29 is 23.9 Å². The molecule has 3 N–H and O–H groups in total. The van der Waals surface area contributed by atoms with E-state index in [1.54, 1.807) is 12.4 Å². The second-order valence-electron chi connectivity index (χ2n) is 19.2. The van der Waals surface area contributed by atoms with Crippen molar-refractivity contribution >= 4 is 40.5 Å². The van der Waals surface area contributed by atoms with Crippen LogP contribution in [0.5, 0.6) is 11.5 Å². The first-order valence-electron chi connectivity index (χ1n) is 22.5. The Morgan fingerprint density at radius 1 is 0.758 bits per heavy atom. The second-order valence-corrected chi connectivity index (χ2v) is 19.2. The van der Waals surface area contributed by atoms with E-state index in [4.69, 9.17) is 20.6 Å². The van der Waals surface area contributed by atoms with Gasteiger partial charge in [-0.2, -0.15) is 5.10 Å². The molecule has 1 unspecified atom stereocenters. The van der Waals surface area contributed by atoms with Gasteiger partial charge in [-0.1, -0.05) is 24.3 Å². The van der Waals surface area contributed by atoms with Crippen molar-refractivity contribution in [1.29, 1.82) is 0 Å². The van der Waals surface area contributed by atoms with Crippen LogP contribution in [0.25, 0.3) is 22.3 Å². The van der Waals surface area contributed by atoms with Gasteiger partial charge in [-0.15, -0.1) is 0 Å². The monoisotopic (exact) mass is 832 g/mol. The number of fused-ring (bicyclic) bond motifs is 2. The van der Waals surface area contributed by atoms with Crippen LogP contribution in [0.1, 0.15) is 116 Å². The van der Waals surface area contributed by atoms with Crippen molar-refractivity contribution in [3.05, 3.63) is 95.8 Å². The van der Waals surface area contributed by atoms with E-state index >= 15 is 0 Å². The molecular weight excluding hydrogens is 781 g/mol. The zero-order chi connectivity index (χ0) is 42.2. The molecule has 13 heteroatoms. The highest BCUT2D eigenvalue weighted by Crippen LogP contribution is 2.59. The minimum absolute atomic E-state index is 0.115. The largest absolute Gasteiger partial charge is 0.457 e. The summed E-state index contributed by atoms with van der Waals surface area (Å²) < 4.78 is 8.15. The fourth-order valence-electron chi connectivity index (χ4n) is 11.9. The number of benzene rings is 3. The number of rotatable bonds is 9. The maximum Gasteiger partial charge on any atom is 0.262 e. The van der Waals surface area contributed by atoms with Crippen LogP contribution < -0.4 is 15.8 Å². The number of piperidine rings is 2. The lowest BCUT2D eigenvalue weighted by molar-refractivity contribution is -0.136. The molecule has 2 spiro atoms. The molecule has 3 saturated carbocycles. The number of amides is 4. The molecule has 318 valence electrons. The van der Waals surface area contributed by atoms with Crippen molar-refractivity contribution in [3.8, 4) is 22.8 Å². The van der Waals surface area contributed by atoms with E-state index in [0.29, 0.717) is 45.8 Å². The summed E-state index contributed by atoms with van der Waals surface area (Å²) in [4.78, 5) is 63.4. The number of nitrogens with zero attached hydrogens (tertiary/aromatic N) is 6. The standard InChI is InChI=1S/C49H52N8O5/c50-43-41-42(32-9-11-36(12-10-32)62-35-4-2-1-3-5-35)54-57(44(41)52-29-51-43)34-27-49(28-34)20-22-55(23-21-49)33-25-48(26-33)18-16-30(17-19-48)6-7-31-8-13-37-38(24-31)47(61)56(46(37)60)39-14-15-40(58)53-45(39)59/h1-5,8-13,24,29-30,33-34,39H,6-7,14-23,25-28H2,(H2,50,51,52)(H,53,58,59). The maximum absolute atomic E-state index is 13.3. The molecule has 6 aliphatic rings. The lowest BCUT2D eigenvalue weighted by atomic mass is 9.55. The Hall–Kier alpha value is -5.95. The van der Waals surface area contributed by atoms with E-state index in [1.807, 2.05) is 66.7 Å². The number of likely N-dealkylation sites (tertiary alicyclic amines) is 1. The van der Waals surface area contributed by atoms with Crippen LogP contribution in [-0.2, 0) is 16.0 Å². The second kappa shape index (κ2) is 15.1. The maximum atomic E-state index is 13.3. The third-order valence-electron chi connectivity index (χ3n) is 15.5. The van der Waals surface area contributed by atoms with E-state index < -0.39 is 23.8 Å². The number of hydrogen-bond acceptors (Lipinski definition) is 10.